The molecule has 2 aromatic rings. The molecule has 4 heterocycles. The first-order valence-electron chi connectivity index (χ1n) is 11.1. The molecule has 3 fully saturated rings. The third kappa shape index (κ3) is 5.08. The Balaban J connectivity index is 0.00000136. The molecule has 3 aliphatic heterocycles. The summed E-state index contributed by atoms with van der Waals surface area (Å²) in [7, 11) is 0. The van der Waals surface area contributed by atoms with Crippen LogP contribution in [0.4, 0.5) is 0 Å². The van der Waals surface area contributed by atoms with Gasteiger partial charge in [0.2, 0.25) is 5.91 Å². The monoisotopic (exact) mass is 465 g/mol. The number of hydrogen-bond donors (Lipinski definition) is 2. The number of carbonyl (C=O) groups excluding carboxylic acids is 1. The minimum Gasteiger partial charge on any atom is -0.353 e. The number of fused-ring (bicyclic) bond motifs is 4. The highest BCUT2D eigenvalue weighted by molar-refractivity contribution is 5.85. The van der Waals surface area contributed by atoms with Crippen LogP contribution in [0.1, 0.15) is 25.7 Å². The molecule has 0 saturated carbocycles. The molecule has 0 unspecified atom stereocenters. The zero-order valence-electron chi connectivity index (χ0n) is 17.8. The molecule has 31 heavy (non-hydrogen) atoms. The number of halogens is 2. The first-order chi connectivity index (χ1) is 14.3. The Hall–Kier alpha value is -1.60. The maximum Gasteiger partial charge on any atom is 0.240 e. The van der Waals surface area contributed by atoms with Crippen molar-refractivity contribution in [2.24, 2.45) is 11.8 Å². The van der Waals surface area contributed by atoms with Gasteiger partial charge < -0.3 is 15.2 Å². The fourth-order valence-electron chi connectivity index (χ4n) is 5.76. The number of rotatable bonds is 5. The van der Waals surface area contributed by atoms with E-state index in [1.807, 2.05) is 41.1 Å². The molecule has 1 amide bonds. The van der Waals surface area contributed by atoms with Gasteiger partial charge in [-0.2, -0.15) is 0 Å². The minimum atomic E-state index is 0. The Kier molecular flexibility index (Phi) is 8.39. The Morgan fingerprint density at radius 2 is 1.94 bits per heavy atom. The van der Waals surface area contributed by atoms with E-state index in [0.29, 0.717) is 24.5 Å². The summed E-state index contributed by atoms with van der Waals surface area (Å²) in [5, 5.41) is 6.90. The molecule has 5 rings (SSSR count). The Morgan fingerprint density at radius 3 is 2.77 bits per heavy atom. The molecular formula is C23H33Cl2N5O. The highest BCUT2D eigenvalue weighted by Gasteiger charge is 2.45. The molecule has 8 heteroatoms. The second-order valence-corrected chi connectivity index (χ2v) is 8.83. The number of nitrogens with one attached hydrogen (secondary N) is 2. The zero-order chi connectivity index (χ0) is 19.6. The van der Waals surface area contributed by atoms with Crippen LogP contribution in [0.15, 0.2) is 42.7 Å². The van der Waals surface area contributed by atoms with E-state index in [-0.39, 0.29) is 30.7 Å². The van der Waals surface area contributed by atoms with Gasteiger partial charge in [0.25, 0.3) is 0 Å². The zero-order valence-corrected chi connectivity index (χ0v) is 19.4. The molecule has 2 N–H and O–H groups in total. The van der Waals surface area contributed by atoms with Crippen LogP contribution in [0.25, 0.3) is 11.4 Å². The van der Waals surface area contributed by atoms with Crippen LogP contribution in [0.3, 0.4) is 0 Å². The van der Waals surface area contributed by atoms with E-state index in [1.165, 1.54) is 38.8 Å². The first kappa shape index (κ1) is 24.1. The number of nitrogens with zero attached hydrogens (tertiary/aromatic N) is 3. The topological polar surface area (TPSA) is 62.2 Å². The van der Waals surface area contributed by atoms with Crippen LogP contribution in [0.2, 0.25) is 0 Å². The van der Waals surface area contributed by atoms with Gasteiger partial charge in [-0.05, 0) is 50.7 Å². The quantitative estimate of drug-likeness (QED) is 0.712. The number of imidazole rings is 1. The highest BCUT2D eigenvalue weighted by Crippen LogP contribution is 2.38. The molecule has 3 aliphatic rings. The molecule has 6 nitrogen and oxygen atoms in total. The van der Waals surface area contributed by atoms with Gasteiger partial charge in [-0.3, -0.25) is 9.69 Å². The predicted molar refractivity (Wildman–Crippen MR) is 128 cm³/mol. The van der Waals surface area contributed by atoms with E-state index in [4.69, 9.17) is 0 Å². The Morgan fingerprint density at radius 1 is 1.13 bits per heavy atom. The molecule has 0 radical (unpaired) electrons. The van der Waals surface area contributed by atoms with Crippen molar-refractivity contribution in [3.63, 3.8) is 0 Å². The normalized spacial score (nSPS) is 27.4. The van der Waals surface area contributed by atoms with Crippen LogP contribution in [-0.2, 0) is 11.3 Å². The minimum absolute atomic E-state index is 0. The molecule has 2 bridgehead atoms. The van der Waals surface area contributed by atoms with Crippen molar-refractivity contribution in [2.75, 3.05) is 26.2 Å². The van der Waals surface area contributed by atoms with Crippen LogP contribution in [0.5, 0.6) is 0 Å². The number of piperidine rings is 3. The summed E-state index contributed by atoms with van der Waals surface area (Å²) < 4.78 is 1.94. The number of aromatic nitrogens is 2. The summed E-state index contributed by atoms with van der Waals surface area (Å²) in [4.78, 5) is 20.0. The third-order valence-corrected chi connectivity index (χ3v) is 7.09. The molecule has 3 saturated heterocycles. The highest BCUT2D eigenvalue weighted by atomic mass is 35.5. The van der Waals surface area contributed by atoms with E-state index in [0.717, 1.165) is 30.4 Å². The smallest absolute Gasteiger partial charge is 0.240 e. The summed E-state index contributed by atoms with van der Waals surface area (Å²) >= 11 is 0. The first-order valence-corrected chi connectivity index (χ1v) is 11.1. The lowest BCUT2D eigenvalue weighted by atomic mass is 9.73. The standard InChI is InChI=1S/C23H31N5O.2ClH/c29-22(16-27-11-9-25-23(27)17-6-2-1-3-7-17)26-15-21-19-12-18(13-24-14-19)20-8-4-5-10-28(20)21;;/h1-3,6-7,9,11,18-21,24H,4-5,8,10,12-16H2,(H,26,29);2*1H/t18-,19+,20+,21+;;/m1../s1. The maximum absolute atomic E-state index is 12.8. The summed E-state index contributed by atoms with van der Waals surface area (Å²) in [6, 6.07) is 11.2. The van der Waals surface area contributed by atoms with Gasteiger partial charge in [0.1, 0.15) is 12.4 Å². The lowest BCUT2D eigenvalue weighted by molar-refractivity contribution is -0.122. The summed E-state index contributed by atoms with van der Waals surface area (Å²) in [5.74, 6) is 2.35. The van der Waals surface area contributed by atoms with Gasteiger partial charge in [0.15, 0.2) is 0 Å². The lowest BCUT2D eigenvalue weighted by Gasteiger charge is -2.55. The van der Waals surface area contributed by atoms with Crippen molar-refractivity contribution in [1.29, 1.82) is 0 Å². The van der Waals surface area contributed by atoms with E-state index >= 15 is 0 Å². The van der Waals surface area contributed by atoms with E-state index in [2.05, 4.69) is 20.5 Å². The summed E-state index contributed by atoms with van der Waals surface area (Å²) in [6.07, 6.45) is 8.93. The molecule has 170 valence electrons. The van der Waals surface area contributed by atoms with Crippen molar-refractivity contribution in [1.82, 2.24) is 25.1 Å². The number of carbonyl (C=O) groups is 1. The lowest BCUT2D eigenvalue weighted by Crippen LogP contribution is -2.65. The molecule has 1 aromatic carbocycles. The van der Waals surface area contributed by atoms with Gasteiger partial charge in [-0.1, -0.05) is 36.8 Å². The van der Waals surface area contributed by atoms with E-state index in [1.54, 1.807) is 6.20 Å². The Labute approximate surface area is 197 Å². The van der Waals surface area contributed by atoms with Crippen molar-refractivity contribution in [2.45, 2.75) is 44.3 Å². The largest absolute Gasteiger partial charge is 0.353 e. The van der Waals surface area contributed by atoms with E-state index < -0.39 is 0 Å². The third-order valence-electron chi connectivity index (χ3n) is 7.09. The van der Waals surface area contributed by atoms with Crippen molar-refractivity contribution < 1.29 is 4.79 Å². The molecular weight excluding hydrogens is 433 g/mol. The Bertz CT molecular complexity index is 846. The average molecular weight is 466 g/mol. The molecule has 0 spiro atoms. The fraction of sp³-hybridized carbons (Fsp3) is 0.565. The van der Waals surface area contributed by atoms with Gasteiger partial charge >= 0.3 is 0 Å². The van der Waals surface area contributed by atoms with Gasteiger partial charge in [0.05, 0.1) is 0 Å². The van der Waals surface area contributed by atoms with Crippen molar-refractivity contribution in [3.05, 3.63) is 42.7 Å². The molecule has 1 aromatic heterocycles. The second-order valence-electron chi connectivity index (χ2n) is 8.83. The van der Waals surface area contributed by atoms with E-state index in [9.17, 15) is 4.79 Å². The van der Waals surface area contributed by atoms with Crippen LogP contribution in [0, 0.1) is 11.8 Å². The number of hydrogen-bond acceptors (Lipinski definition) is 4. The van der Waals surface area contributed by atoms with Crippen LogP contribution in [-0.4, -0.2) is 58.6 Å². The van der Waals surface area contributed by atoms with Crippen molar-refractivity contribution >= 4 is 30.7 Å². The van der Waals surface area contributed by atoms with Gasteiger partial charge in [-0.25, -0.2) is 4.98 Å². The summed E-state index contributed by atoms with van der Waals surface area (Å²) in [5.41, 5.74) is 1.04. The van der Waals surface area contributed by atoms with Crippen molar-refractivity contribution in [3.8, 4) is 11.4 Å². The number of benzene rings is 1. The predicted octanol–water partition coefficient (Wildman–Crippen LogP) is 2.97. The maximum atomic E-state index is 12.8. The summed E-state index contributed by atoms with van der Waals surface area (Å²) in [6.45, 7) is 4.51. The van der Waals surface area contributed by atoms with Gasteiger partial charge in [0, 0.05) is 36.6 Å². The second kappa shape index (κ2) is 10.8. The molecule has 0 aliphatic carbocycles. The fourth-order valence-corrected chi connectivity index (χ4v) is 5.76. The SMILES string of the molecule is Cl.Cl.O=C(Cn1ccnc1-c1ccccc1)NC[C@H]1[C@@H]2CNC[C@@H](C2)[C@@H]2CCCCN21. The van der Waals surface area contributed by atoms with Crippen LogP contribution < -0.4 is 10.6 Å². The van der Waals surface area contributed by atoms with Crippen LogP contribution >= 0.6 is 24.8 Å². The molecule has 4 atom stereocenters. The van der Waals surface area contributed by atoms with Gasteiger partial charge in [-0.15, -0.1) is 24.8 Å². The number of amides is 1. The average Bonchev–Trinajstić information content (AvgIpc) is 3.22.